The summed E-state index contributed by atoms with van der Waals surface area (Å²) in [6, 6.07) is 1.91. The van der Waals surface area contributed by atoms with Gasteiger partial charge < -0.3 is 0 Å². The normalized spacial score (nSPS) is 16.6. The number of halogens is 1. The van der Waals surface area contributed by atoms with Gasteiger partial charge in [-0.05, 0) is 37.4 Å². The molecule has 0 N–H and O–H groups in total. The highest BCUT2D eigenvalue weighted by atomic mass is 35.5. The van der Waals surface area contributed by atoms with Crippen LogP contribution in [0.2, 0.25) is 0 Å². The summed E-state index contributed by atoms with van der Waals surface area (Å²) >= 11 is 1.59. The van der Waals surface area contributed by atoms with Crippen LogP contribution in [0.4, 0.5) is 0 Å². The molecule has 1 aromatic heterocycles. The van der Waals surface area contributed by atoms with Crippen LogP contribution < -0.4 is 0 Å². The fourth-order valence-corrected chi connectivity index (χ4v) is 2.32. The number of ketones is 1. The van der Waals surface area contributed by atoms with Crippen molar-refractivity contribution in [2.45, 2.75) is 12.8 Å². The summed E-state index contributed by atoms with van der Waals surface area (Å²) in [6.45, 7) is 2.79. The van der Waals surface area contributed by atoms with Crippen molar-refractivity contribution in [2.24, 2.45) is 0 Å². The van der Waals surface area contributed by atoms with Gasteiger partial charge in [0.15, 0.2) is 5.78 Å². The van der Waals surface area contributed by atoms with E-state index < -0.39 is 0 Å². The van der Waals surface area contributed by atoms with Crippen molar-refractivity contribution in [1.29, 1.82) is 0 Å². The van der Waals surface area contributed by atoms with Gasteiger partial charge in [-0.15, -0.1) is 12.4 Å². The molecule has 2 nitrogen and oxygen atoms in total. The number of nitrogens with zero attached hydrogens (tertiary/aromatic N) is 1. The third kappa shape index (κ3) is 2.80. The molecular weight excluding hydrogens is 218 g/mol. The molecule has 1 aliphatic rings. The Balaban J connectivity index is 0.000000980. The maximum absolute atomic E-state index is 11.6. The maximum atomic E-state index is 11.6. The van der Waals surface area contributed by atoms with Crippen LogP contribution in [0, 0.1) is 0 Å². The predicted molar refractivity (Wildman–Crippen MR) is 61.6 cm³/mol. The van der Waals surface area contributed by atoms with Gasteiger partial charge >= 0.3 is 0 Å². The molecule has 0 unspecified atom stereocenters. The lowest BCUT2D eigenvalue weighted by Crippen LogP contribution is -2.26. The number of hydrogen-bond acceptors (Lipinski definition) is 3. The Labute approximate surface area is 94.3 Å². The second-order valence-electron chi connectivity index (χ2n) is 3.42. The summed E-state index contributed by atoms with van der Waals surface area (Å²) in [5, 5.41) is 3.88. The van der Waals surface area contributed by atoms with Gasteiger partial charge in [0, 0.05) is 10.9 Å². The first-order valence-corrected chi connectivity index (χ1v) is 5.58. The summed E-state index contributed by atoms with van der Waals surface area (Å²) in [5.74, 6) is 0.267. The molecule has 4 heteroatoms. The molecule has 1 aromatic rings. The number of rotatable bonds is 3. The minimum atomic E-state index is 0. The molecule has 2 heterocycles. The van der Waals surface area contributed by atoms with Gasteiger partial charge in [-0.1, -0.05) is 0 Å². The molecule has 14 heavy (non-hydrogen) atoms. The van der Waals surface area contributed by atoms with E-state index in [1.54, 1.807) is 11.3 Å². The van der Waals surface area contributed by atoms with E-state index in [9.17, 15) is 4.79 Å². The highest BCUT2D eigenvalue weighted by molar-refractivity contribution is 7.08. The largest absolute Gasteiger partial charge is 0.296 e. The molecule has 78 valence electrons. The minimum Gasteiger partial charge on any atom is -0.296 e. The molecule has 1 saturated heterocycles. The van der Waals surface area contributed by atoms with E-state index in [-0.39, 0.29) is 18.2 Å². The number of hydrogen-bond donors (Lipinski definition) is 0. The lowest BCUT2D eigenvalue weighted by atomic mass is 10.2. The monoisotopic (exact) mass is 231 g/mol. The summed E-state index contributed by atoms with van der Waals surface area (Å²) < 4.78 is 0. The van der Waals surface area contributed by atoms with E-state index in [4.69, 9.17) is 0 Å². The molecule has 0 saturated carbocycles. The Morgan fingerprint density at radius 2 is 2.14 bits per heavy atom. The number of thiophene rings is 1. The Bertz CT molecular complexity index is 280. The number of carbonyl (C=O) groups is 1. The highest BCUT2D eigenvalue weighted by Crippen LogP contribution is 2.11. The van der Waals surface area contributed by atoms with Gasteiger partial charge in [0.25, 0.3) is 0 Å². The van der Waals surface area contributed by atoms with E-state index in [1.807, 2.05) is 16.8 Å². The zero-order valence-electron chi connectivity index (χ0n) is 7.94. The van der Waals surface area contributed by atoms with E-state index in [2.05, 4.69) is 4.90 Å². The molecular formula is C10H14ClNOS. The highest BCUT2D eigenvalue weighted by Gasteiger charge is 2.15. The molecule has 0 amide bonds. The lowest BCUT2D eigenvalue weighted by molar-refractivity contribution is 0.0946. The topological polar surface area (TPSA) is 20.3 Å². The molecule has 0 bridgehead atoms. The minimum absolute atomic E-state index is 0. The van der Waals surface area contributed by atoms with E-state index >= 15 is 0 Å². The zero-order valence-corrected chi connectivity index (χ0v) is 9.57. The van der Waals surface area contributed by atoms with Crippen molar-refractivity contribution in [1.82, 2.24) is 4.90 Å². The van der Waals surface area contributed by atoms with Crippen molar-refractivity contribution in [2.75, 3.05) is 19.6 Å². The van der Waals surface area contributed by atoms with Gasteiger partial charge in [-0.25, -0.2) is 0 Å². The zero-order chi connectivity index (χ0) is 9.10. The summed E-state index contributed by atoms with van der Waals surface area (Å²) in [7, 11) is 0. The number of carbonyl (C=O) groups excluding carboxylic acids is 1. The van der Waals surface area contributed by atoms with Crippen LogP contribution in [0.1, 0.15) is 23.2 Å². The fraction of sp³-hybridized carbons (Fsp3) is 0.500. The first-order chi connectivity index (χ1) is 6.36. The van der Waals surface area contributed by atoms with Crippen molar-refractivity contribution in [3.8, 4) is 0 Å². The summed E-state index contributed by atoms with van der Waals surface area (Å²) in [5.41, 5.74) is 0.872. The molecule has 0 radical (unpaired) electrons. The molecule has 0 spiro atoms. The van der Waals surface area contributed by atoms with Crippen LogP contribution in [0.15, 0.2) is 16.8 Å². The van der Waals surface area contributed by atoms with E-state index in [0.717, 1.165) is 18.7 Å². The van der Waals surface area contributed by atoms with Crippen LogP contribution >= 0.6 is 23.7 Å². The van der Waals surface area contributed by atoms with Gasteiger partial charge in [0.05, 0.1) is 6.54 Å². The predicted octanol–water partition coefficient (Wildman–Crippen LogP) is 2.45. The Morgan fingerprint density at radius 1 is 1.43 bits per heavy atom. The van der Waals surface area contributed by atoms with Crippen LogP contribution in [0.25, 0.3) is 0 Å². The van der Waals surface area contributed by atoms with E-state index in [0.29, 0.717) is 6.54 Å². The molecule has 1 aliphatic heterocycles. The maximum Gasteiger partial charge on any atom is 0.177 e. The first-order valence-electron chi connectivity index (χ1n) is 4.64. The fourth-order valence-electron chi connectivity index (χ4n) is 1.66. The van der Waals surface area contributed by atoms with Crippen LogP contribution in [-0.2, 0) is 0 Å². The quantitative estimate of drug-likeness (QED) is 0.745. The second kappa shape index (κ2) is 5.49. The van der Waals surface area contributed by atoms with Gasteiger partial charge in [-0.3, -0.25) is 9.69 Å². The summed E-state index contributed by atoms with van der Waals surface area (Å²) in [4.78, 5) is 13.9. The van der Waals surface area contributed by atoms with Crippen molar-refractivity contribution in [3.63, 3.8) is 0 Å². The third-order valence-electron chi connectivity index (χ3n) is 2.41. The van der Waals surface area contributed by atoms with Crippen molar-refractivity contribution in [3.05, 3.63) is 22.4 Å². The Hall–Kier alpha value is -0.380. The molecule has 0 aromatic carbocycles. The van der Waals surface area contributed by atoms with Crippen LogP contribution in [-0.4, -0.2) is 30.3 Å². The van der Waals surface area contributed by atoms with Gasteiger partial charge in [0.2, 0.25) is 0 Å². The van der Waals surface area contributed by atoms with Gasteiger partial charge in [-0.2, -0.15) is 11.3 Å². The molecule has 1 fully saturated rings. The van der Waals surface area contributed by atoms with Gasteiger partial charge in [0.1, 0.15) is 0 Å². The standard InChI is InChI=1S/C10H13NOS.ClH/c12-10(9-3-6-13-8-9)7-11-4-1-2-5-11;/h3,6,8H,1-2,4-5,7H2;1H. The number of likely N-dealkylation sites (tertiary alicyclic amines) is 1. The van der Waals surface area contributed by atoms with Crippen molar-refractivity contribution < 1.29 is 4.79 Å². The summed E-state index contributed by atoms with van der Waals surface area (Å²) in [6.07, 6.45) is 2.49. The first kappa shape index (κ1) is 11.7. The Kier molecular flexibility index (Phi) is 4.58. The second-order valence-corrected chi connectivity index (χ2v) is 4.20. The average molecular weight is 232 g/mol. The van der Waals surface area contributed by atoms with Crippen LogP contribution in [0.3, 0.4) is 0 Å². The average Bonchev–Trinajstić information content (AvgIpc) is 2.74. The number of Topliss-reactive ketones (excluding diaryl/α,β-unsaturated/α-hetero) is 1. The molecule has 0 aliphatic carbocycles. The SMILES string of the molecule is Cl.O=C(CN1CCCC1)c1ccsc1. The van der Waals surface area contributed by atoms with Crippen LogP contribution in [0.5, 0.6) is 0 Å². The molecule has 0 atom stereocenters. The third-order valence-corrected chi connectivity index (χ3v) is 3.09. The van der Waals surface area contributed by atoms with Crippen molar-refractivity contribution >= 4 is 29.5 Å². The molecule has 2 rings (SSSR count). The Morgan fingerprint density at radius 3 is 2.71 bits per heavy atom. The van der Waals surface area contributed by atoms with E-state index in [1.165, 1.54) is 12.8 Å². The smallest absolute Gasteiger partial charge is 0.177 e. The lowest BCUT2D eigenvalue weighted by Gasteiger charge is -2.12.